The number of halogens is 2. The first kappa shape index (κ1) is 9.97. The normalized spacial score (nSPS) is 19.0. The molecule has 1 aromatic rings. The average Bonchev–Trinajstić information content (AvgIpc) is 2.78. The maximum atomic E-state index is 6.00. The molecule has 0 aliphatic heterocycles. The van der Waals surface area contributed by atoms with Crippen molar-refractivity contribution >= 4 is 38.9 Å². The van der Waals surface area contributed by atoms with Crippen LogP contribution in [0.5, 0.6) is 0 Å². The fraction of sp³-hybridized carbons (Fsp3) is 0.556. The van der Waals surface area contributed by atoms with E-state index in [1.165, 1.54) is 17.7 Å². The summed E-state index contributed by atoms with van der Waals surface area (Å²) in [7, 11) is 0. The summed E-state index contributed by atoms with van der Waals surface area (Å²) in [6.07, 6.45) is 3.64. The van der Waals surface area contributed by atoms with E-state index in [9.17, 15) is 0 Å². The number of hydrogen-bond donors (Lipinski definition) is 1. The summed E-state index contributed by atoms with van der Waals surface area (Å²) >= 11 is 11.1. The third kappa shape index (κ3) is 1.80. The quantitative estimate of drug-likeness (QED) is 0.900. The largest absolute Gasteiger partial charge is 0.330 e. The molecule has 0 spiro atoms. The lowest BCUT2D eigenvalue weighted by atomic mass is 10.0. The Balaban J connectivity index is 2.25. The SMILES string of the molecule is NCCC1(c2cc(Br)c(Cl)s2)CC1. The zero-order valence-corrected chi connectivity index (χ0v) is 10.3. The van der Waals surface area contributed by atoms with Crippen molar-refractivity contribution in [2.75, 3.05) is 6.54 Å². The first-order valence-corrected chi connectivity index (χ1v) is 6.32. The van der Waals surface area contributed by atoms with Gasteiger partial charge in [0.2, 0.25) is 0 Å². The molecule has 13 heavy (non-hydrogen) atoms. The summed E-state index contributed by atoms with van der Waals surface area (Å²) in [4.78, 5) is 1.40. The number of hydrogen-bond acceptors (Lipinski definition) is 2. The molecule has 0 amide bonds. The van der Waals surface area contributed by atoms with E-state index < -0.39 is 0 Å². The van der Waals surface area contributed by atoms with Gasteiger partial charge < -0.3 is 5.73 Å². The van der Waals surface area contributed by atoms with Crippen LogP contribution in [0.4, 0.5) is 0 Å². The third-order valence-corrected chi connectivity index (χ3v) is 5.37. The Morgan fingerprint density at radius 3 is 2.69 bits per heavy atom. The molecular formula is C9H11BrClNS. The fourth-order valence-corrected chi connectivity index (χ4v) is 3.63. The second-order valence-corrected chi connectivity index (χ2v) is 6.06. The van der Waals surface area contributed by atoms with Gasteiger partial charge in [0.25, 0.3) is 0 Å². The van der Waals surface area contributed by atoms with Crippen LogP contribution >= 0.6 is 38.9 Å². The van der Waals surface area contributed by atoms with Gasteiger partial charge >= 0.3 is 0 Å². The van der Waals surface area contributed by atoms with Crippen molar-refractivity contribution in [2.24, 2.45) is 5.73 Å². The maximum Gasteiger partial charge on any atom is 0.107 e. The minimum Gasteiger partial charge on any atom is -0.330 e. The Bertz CT molecular complexity index is 300. The maximum absolute atomic E-state index is 6.00. The zero-order chi connectivity index (χ0) is 9.47. The molecule has 0 bridgehead atoms. The monoisotopic (exact) mass is 279 g/mol. The lowest BCUT2D eigenvalue weighted by molar-refractivity contribution is 0.640. The molecule has 1 aliphatic rings. The summed E-state index contributed by atoms with van der Waals surface area (Å²) in [5.74, 6) is 0. The van der Waals surface area contributed by atoms with Crippen LogP contribution in [0.1, 0.15) is 24.1 Å². The predicted octanol–water partition coefficient (Wildman–Crippen LogP) is 3.54. The van der Waals surface area contributed by atoms with Crippen LogP contribution in [0.3, 0.4) is 0 Å². The topological polar surface area (TPSA) is 26.0 Å². The van der Waals surface area contributed by atoms with Crippen molar-refractivity contribution in [3.8, 4) is 0 Å². The van der Waals surface area contributed by atoms with Crippen LogP contribution in [0, 0.1) is 0 Å². The highest BCUT2D eigenvalue weighted by Gasteiger charge is 2.44. The van der Waals surface area contributed by atoms with Crippen molar-refractivity contribution in [3.63, 3.8) is 0 Å². The van der Waals surface area contributed by atoms with E-state index in [1.54, 1.807) is 11.3 Å². The van der Waals surface area contributed by atoms with E-state index in [4.69, 9.17) is 17.3 Å². The van der Waals surface area contributed by atoms with Gasteiger partial charge in [0.1, 0.15) is 4.34 Å². The highest BCUT2D eigenvalue weighted by atomic mass is 79.9. The highest BCUT2D eigenvalue weighted by Crippen LogP contribution is 2.54. The van der Waals surface area contributed by atoms with Crippen molar-refractivity contribution in [1.82, 2.24) is 0 Å². The second-order valence-electron chi connectivity index (χ2n) is 3.55. The van der Waals surface area contributed by atoms with Crippen LogP contribution in [-0.4, -0.2) is 6.54 Å². The van der Waals surface area contributed by atoms with Gasteiger partial charge in [-0.3, -0.25) is 0 Å². The number of thiophene rings is 1. The fourth-order valence-electron chi connectivity index (χ4n) is 1.65. The number of rotatable bonds is 3. The lowest BCUT2D eigenvalue weighted by Gasteiger charge is -2.10. The van der Waals surface area contributed by atoms with Gasteiger partial charge in [0.05, 0.1) is 0 Å². The van der Waals surface area contributed by atoms with E-state index in [2.05, 4.69) is 22.0 Å². The standard InChI is InChI=1S/C9H11BrClNS/c10-6-5-7(13-8(6)11)9(1-2-9)3-4-12/h5H,1-4,12H2. The second kappa shape index (κ2) is 3.54. The summed E-state index contributed by atoms with van der Waals surface area (Å²) in [5, 5.41) is 0. The van der Waals surface area contributed by atoms with Crippen LogP contribution in [-0.2, 0) is 5.41 Å². The molecule has 4 heteroatoms. The summed E-state index contributed by atoms with van der Waals surface area (Å²) in [5.41, 5.74) is 5.98. The minimum absolute atomic E-state index is 0.384. The van der Waals surface area contributed by atoms with Gasteiger partial charge in [-0.1, -0.05) is 11.6 Å². The molecule has 0 saturated heterocycles. The Labute approximate surface area is 95.4 Å². The Morgan fingerprint density at radius 1 is 1.62 bits per heavy atom. The van der Waals surface area contributed by atoms with Crippen molar-refractivity contribution < 1.29 is 0 Å². The Hall–Kier alpha value is 0.430. The molecular weight excluding hydrogens is 270 g/mol. The lowest BCUT2D eigenvalue weighted by Crippen LogP contribution is -2.11. The molecule has 72 valence electrons. The van der Waals surface area contributed by atoms with Gasteiger partial charge in [-0.25, -0.2) is 0 Å². The van der Waals surface area contributed by atoms with Crippen LogP contribution < -0.4 is 5.73 Å². The van der Waals surface area contributed by atoms with E-state index >= 15 is 0 Å². The highest BCUT2D eigenvalue weighted by molar-refractivity contribution is 9.10. The van der Waals surface area contributed by atoms with Crippen molar-refractivity contribution in [3.05, 3.63) is 19.8 Å². The Morgan fingerprint density at radius 2 is 2.31 bits per heavy atom. The van der Waals surface area contributed by atoms with Gasteiger partial charge in [-0.15, -0.1) is 11.3 Å². The molecule has 1 saturated carbocycles. The smallest absolute Gasteiger partial charge is 0.107 e. The molecule has 2 rings (SSSR count). The van der Waals surface area contributed by atoms with Gasteiger partial charge in [0.15, 0.2) is 0 Å². The van der Waals surface area contributed by atoms with Gasteiger partial charge in [0, 0.05) is 14.8 Å². The van der Waals surface area contributed by atoms with Crippen LogP contribution in [0.15, 0.2) is 10.5 Å². The van der Waals surface area contributed by atoms with Crippen LogP contribution in [0.2, 0.25) is 4.34 Å². The number of nitrogens with two attached hydrogens (primary N) is 1. The first-order valence-electron chi connectivity index (χ1n) is 4.33. The van der Waals surface area contributed by atoms with Crippen molar-refractivity contribution in [2.45, 2.75) is 24.7 Å². The van der Waals surface area contributed by atoms with Gasteiger partial charge in [-0.2, -0.15) is 0 Å². The molecule has 1 heterocycles. The van der Waals surface area contributed by atoms with E-state index in [0.717, 1.165) is 21.8 Å². The zero-order valence-electron chi connectivity index (χ0n) is 7.15. The predicted molar refractivity (Wildman–Crippen MR) is 61.6 cm³/mol. The molecule has 1 fully saturated rings. The molecule has 0 aromatic carbocycles. The summed E-state index contributed by atoms with van der Waals surface area (Å²) < 4.78 is 1.88. The summed E-state index contributed by atoms with van der Waals surface area (Å²) in [6, 6.07) is 2.15. The van der Waals surface area contributed by atoms with E-state index in [1.807, 2.05) is 0 Å². The van der Waals surface area contributed by atoms with E-state index in [0.29, 0.717) is 5.41 Å². The van der Waals surface area contributed by atoms with Gasteiger partial charge in [-0.05, 0) is 47.8 Å². The first-order chi connectivity index (χ1) is 6.18. The molecule has 0 atom stereocenters. The molecule has 0 radical (unpaired) electrons. The average molecular weight is 281 g/mol. The molecule has 1 nitrogen and oxygen atoms in total. The minimum atomic E-state index is 0.384. The molecule has 1 aromatic heterocycles. The Kier molecular flexibility index (Phi) is 2.71. The molecule has 2 N–H and O–H groups in total. The molecule has 1 aliphatic carbocycles. The van der Waals surface area contributed by atoms with Crippen LogP contribution in [0.25, 0.3) is 0 Å². The van der Waals surface area contributed by atoms with Crippen molar-refractivity contribution in [1.29, 1.82) is 0 Å². The molecule has 0 unspecified atom stereocenters. The van der Waals surface area contributed by atoms with E-state index in [-0.39, 0.29) is 0 Å². The summed E-state index contributed by atoms with van der Waals surface area (Å²) in [6.45, 7) is 0.771. The third-order valence-electron chi connectivity index (χ3n) is 2.64.